The molecule has 1 N–H and O–H groups in total. The highest BCUT2D eigenvalue weighted by Crippen LogP contribution is 2.42. The van der Waals surface area contributed by atoms with Crippen LogP contribution in [0.2, 0.25) is 10.0 Å². The Labute approximate surface area is 175 Å². The molecule has 0 bridgehead atoms. The molecule has 0 saturated carbocycles. The number of anilines is 1. The van der Waals surface area contributed by atoms with Crippen LogP contribution in [0.3, 0.4) is 0 Å². The Hall–Kier alpha value is -0.920. The van der Waals surface area contributed by atoms with Crippen LogP contribution >= 0.6 is 35.0 Å². The van der Waals surface area contributed by atoms with Crippen LogP contribution in [-0.4, -0.2) is 24.7 Å². The fourth-order valence-electron chi connectivity index (χ4n) is 2.96. The number of benzene rings is 2. The van der Waals surface area contributed by atoms with Crippen molar-refractivity contribution in [2.45, 2.75) is 43.1 Å². The maximum atomic E-state index is 13.6. The van der Waals surface area contributed by atoms with Gasteiger partial charge in [-0.3, -0.25) is 4.31 Å². The van der Waals surface area contributed by atoms with E-state index in [1.165, 1.54) is 28.2 Å². The van der Waals surface area contributed by atoms with Crippen molar-refractivity contribution in [3.63, 3.8) is 0 Å². The zero-order valence-electron chi connectivity index (χ0n) is 15.4. The Balaban J connectivity index is 2.78. The molecule has 0 radical (unpaired) electrons. The summed E-state index contributed by atoms with van der Waals surface area (Å²) in [6, 6.07) is 10.9. The van der Waals surface area contributed by atoms with Crippen LogP contribution in [0.15, 0.2) is 47.4 Å². The van der Waals surface area contributed by atoms with Crippen LogP contribution in [-0.2, 0) is 16.6 Å². The molecule has 148 valence electrons. The monoisotopic (exact) mass is 447 g/mol. The van der Waals surface area contributed by atoms with Gasteiger partial charge < -0.3 is 5.11 Å². The lowest BCUT2D eigenvalue weighted by atomic mass is 10.1. The molecular weight excluding hydrogens is 425 g/mol. The van der Waals surface area contributed by atoms with Gasteiger partial charge in [0.15, 0.2) is 0 Å². The Bertz CT molecular complexity index is 888. The Morgan fingerprint density at radius 3 is 2.22 bits per heavy atom. The van der Waals surface area contributed by atoms with Gasteiger partial charge in [0.25, 0.3) is 10.0 Å². The third-order valence-corrected chi connectivity index (χ3v) is 8.19. The largest absolute Gasteiger partial charge is 0.392 e. The van der Waals surface area contributed by atoms with E-state index in [9.17, 15) is 13.5 Å². The molecule has 4 nitrogen and oxygen atoms in total. The molecular formula is C19H23Cl2NO3S2. The molecule has 0 heterocycles. The highest BCUT2D eigenvalue weighted by atomic mass is 35.5. The average molecular weight is 448 g/mol. The summed E-state index contributed by atoms with van der Waals surface area (Å²) < 4.78 is 28.7. The molecule has 1 atom stereocenters. The Morgan fingerprint density at radius 1 is 1.11 bits per heavy atom. The van der Waals surface area contributed by atoms with Gasteiger partial charge in [0, 0.05) is 15.6 Å². The third kappa shape index (κ3) is 4.74. The first-order valence-electron chi connectivity index (χ1n) is 8.45. The molecule has 0 unspecified atom stereocenters. The first-order chi connectivity index (χ1) is 12.7. The SMILES string of the molecule is CCC[C@@](C)(SC)N(c1cc(Cl)ccc1CO)S(=O)(=O)c1ccc(Cl)cc1. The maximum absolute atomic E-state index is 13.6. The van der Waals surface area contributed by atoms with Crippen molar-refractivity contribution in [1.82, 2.24) is 0 Å². The summed E-state index contributed by atoms with van der Waals surface area (Å²) >= 11 is 13.6. The maximum Gasteiger partial charge on any atom is 0.265 e. The summed E-state index contributed by atoms with van der Waals surface area (Å²) in [7, 11) is -3.93. The van der Waals surface area contributed by atoms with E-state index in [1.807, 2.05) is 20.1 Å². The van der Waals surface area contributed by atoms with Crippen LogP contribution < -0.4 is 4.31 Å². The molecule has 0 amide bonds. The van der Waals surface area contributed by atoms with E-state index in [-0.39, 0.29) is 11.5 Å². The molecule has 0 aromatic heterocycles. The molecule has 0 aliphatic heterocycles. The minimum Gasteiger partial charge on any atom is -0.392 e. The van der Waals surface area contributed by atoms with Gasteiger partial charge in [-0.25, -0.2) is 8.42 Å². The number of hydrogen-bond acceptors (Lipinski definition) is 4. The van der Waals surface area contributed by atoms with Crippen LogP contribution in [0.4, 0.5) is 5.69 Å². The number of thioether (sulfide) groups is 1. The highest BCUT2D eigenvalue weighted by Gasteiger charge is 2.41. The van der Waals surface area contributed by atoms with Crippen molar-refractivity contribution in [2.24, 2.45) is 0 Å². The van der Waals surface area contributed by atoms with Crippen molar-refractivity contribution in [3.05, 3.63) is 58.1 Å². The Morgan fingerprint density at radius 2 is 1.70 bits per heavy atom. The standard InChI is InChI=1S/C19H23Cl2NO3S2/c1-4-11-19(2,26-3)22(18-12-16(21)6-5-14(18)13-23)27(24,25)17-9-7-15(20)8-10-17/h5-10,12,23H,4,11,13H2,1-3H3/t19-/m1/s1. The second kappa shape index (κ2) is 9.05. The molecule has 0 aliphatic rings. The first-order valence-corrected chi connectivity index (χ1v) is 11.9. The molecule has 0 spiro atoms. The number of aliphatic hydroxyl groups is 1. The first kappa shape index (κ1) is 22.4. The van der Waals surface area contributed by atoms with Crippen molar-refractivity contribution < 1.29 is 13.5 Å². The summed E-state index contributed by atoms with van der Waals surface area (Å²) in [6.07, 6.45) is 3.29. The van der Waals surface area contributed by atoms with Crippen molar-refractivity contribution in [2.75, 3.05) is 10.6 Å². The zero-order valence-corrected chi connectivity index (χ0v) is 18.6. The predicted octanol–water partition coefficient (Wildman–Crippen LogP) is 5.56. The second-order valence-electron chi connectivity index (χ2n) is 6.28. The summed E-state index contributed by atoms with van der Waals surface area (Å²) in [4.78, 5) is -0.630. The summed E-state index contributed by atoms with van der Waals surface area (Å²) in [5.41, 5.74) is 0.874. The fourth-order valence-corrected chi connectivity index (χ4v) is 6.16. The van der Waals surface area contributed by atoms with E-state index < -0.39 is 14.9 Å². The van der Waals surface area contributed by atoms with E-state index in [4.69, 9.17) is 23.2 Å². The van der Waals surface area contributed by atoms with Crippen molar-refractivity contribution in [3.8, 4) is 0 Å². The van der Waals surface area contributed by atoms with Gasteiger partial charge >= 0.3 is 0 Å². The molecule has 0 fully saturated rings. The van der Waals surface area contributed by atoms with Gasteiger partial charge in [-0.2, -0.15) is 0 Å². The molecule has 0 saturated heterocycles. The van der Waals surface area contributed by atoms with Gasteiger partial charge in [0.2, 0.25) is 0 Å². The molecule has 2 aromatic rings. The van der Waals surface area contributed by atoms with Crippen LogP contribution in [0.1, 0.15) is 32.3 Å². The molecule has 8 heteroatoms. The van der Waals surface area contributed by atoms with Crippen LogP contribution in [0.5, 0.6) is 0 Å². The third-order valence-electron chi connectivity index (χ3n) is 4.37. The number of rotatable bonds is 8. The summed E-state index contributed by atoms with van der Waals surface area (Å²) in [6.45, 7) is 3.60. The average Bonchev–Trinajstić information content (AvgIpc) is 2.62. The molecule has 0 aliphatic carbocycles. The Kier molecular flexibility index (Phi) is 7.50. The zero-order chi connectivity index (χ0) is 20.2. The van der Waals surface area contributed by atoms with Gasteiger partial charge in [-0.15, -0.1) is 11.8 Å². The van der Waals surface area contributed by atoms with Crippen molar-refractivity contribution >= 4 is 50.7 Å². The summed E-state index contributed by atoms with van der Waals surface area (Å²) in [5, 5.41) is 10.7. The van der Waals surface area contributed by atoms with Crippen LogP contribution in [0.25, 0.3) is 0 Å². The van der Waals surface area contributed by atoms with E-state index in [1.54, 1.807) is 30.3 Å². The van der Waals surface area contributed by atoms with E-state index in [0.29, 0.717) is 27.7 Å². The number of aliphatic hydroxyl groups excluding tert-OH is 1. The van der Waals surface area contributed by atoms with Crippen LogP contribution in [0, 0.1) is 0 Å². The molecule has 2 aromatic carbocycles. The van der Waals surface area contributed by atoms with E-state index in [2.05, 4.69) is 0 Å². The minimum atomic E-state index is -3.93. The second-order valence-corrected chi connectivity index (χ2v) is 10.2. The number of hydrogen-bond donors (Lipinski definition) is 1. The molecule has 27 heavy (non-hydrogen) atoms. The van der Waals surface area contributed by atoms with Gasteiger partial charge in [-0.05, 0) is 56.0 Å². The lowest BCUT2D eigenvalue weighted by Gasteiger charge is -2.41. The fraction of sp³-hybridized carbons (Fsp3) is 0.368. The number of sulfonamides is 1. The van der Waals surface area contributed by atoms with Crippen molar-refractivity contribution in [1.29, 1.82) is 0 Å². The normalized spacial score (nSPS) is 14.0. The topological polar surface area (TPSA) is 57.6 Å². The minimum absolute atomic E-state index is 0.132. The molecule has 2 rings (SSSR count). The van der Waals surface area contributed by atoms with Gasteiger partial charge in [0.1, 0.15) is 0 Å². The smallest absolute Gasteiger partial charge is 0.265 e. The van der Waals surface area contributed by atoms with Gasteiger partial charge in [0.05, 0.1) is 22.1 Å². The lowest BCUT2D eigenvalue weighted by Crippen LogP contribution is -2.48. The predicted molar refractivity (Wildman–Crippen MR) is 115 cm³/mol. The number of nitrogens with zero attached hydrogens (tertiary/aromatic N) is 1. The quantitative estimate of drug-likeness (QED) is 0.537. The highest BCUT2D eigenvalue weighted by molar-refractivity contribution is 8.01. The van der Waals surface area contributed by atoms with Gasteiger partial charge in [-0.1, -0.05) is 42.6 Å². The van der Waals surface area contributed by atoms with E-state index in [0.717, 1.165) is 6.42 Å². The summed E-state index contributed by atoms with van der Waals surface area (Å²) in [5.74, 6) is 0. The number of halogens is 2. The van der Waals surface area contributed by atoms with E-state index >= 15 is 0 Å². The lowest BCUT2D eigenvalue weighted by molar-refractivity contribution is 0.282.